The Morgan fingerprint density at radius 1 is 1.08 bits per heavy atom. The van der Waals surface area contributed by atoms with Gasteiger partial charge >= 0.3 is 0 Å². The number of nitrogens with zero attached hydrogens (tertiary/aromatic N) is 2. The number of halogens is 1. The number of hydrogen-bond donors (Lipinski definition) is 0. The van der Waals surface area contributed by atoms with Crippen molar-refractivity contribution in [3.05, 3.63) is 29.8 Å². The maximum Gasteiger partial charge on any atom is 0.137 e. The zero-order chi connectivity index (χ0) is 18.0. The zero-order valence-electron chi connectivity index (χ0n) is 17.2. The summed E-state index contributed by atoms with van der Waals surface area (Å²) < 4.78 is 7.16. The third-order valence-corrected chi connectivity index (χ3v) is 5.65. The van der Waals surface area contributed by atoms with Crippen molar-refractivity contribution in [2.45, 2.75) is 61.4 Å². The molecule has 0 aliphatic rings. The van der Waals surface area contributed by atoms with Gasteiger partial charge in [0.25, 0.3) is 0 Å². The first-order valence-electron chi connectivity index (χ1n) is 9.78. The zero-order valence-corrected chi connectivity index (χ0v) is 19.4. The van der Waals surface area contributed by atoms with Crippen molar-refractivity contribution in [1.82, 2.24) is 4.90 Å². The Bertz CT molecular complexity index is 463. The molecule has 0 heterocycles. The normalized spacial score (nSPS) is 12.3. The minimum atomic E-state index is 0. The Hall–Kier alpha value is -0.330. The van der Waals surface area contributed by atoms with Crippen molar-refractivity contribution in [3.63, 3.8) is 0 Å². The lowest BCUT2D eigenvalue weighted by atomic mass is 10.2. The van der Waals surface area contributed by atoms with Crippen LogP contribution in [0.4, 0.5) is 0 Å². The van der Waals surface area contributed by atoms with E-state index >= 15 is 0 Å². The first kappa shape index (κ1) is 27.9. The SMILES string of the molecule is C.CCC(C)N(CC)CC[N+](CC)(CC)CCOc1cccc(C)c1.[I-]. The van der Waals surface area contributed by atoms with Crippen molar-refractivity contribution in [2.24, 2.45) is 0 Å². The van der Waals surface area contributed by atoms with Crippen LogP contribution in [0.5, 0.6) is 5.75 Å². The Kier molecular flexibility index (Phi) is 15.8. The number of rotatable bonds is 12. The summed E-state index contributed by atoms with van der Waals surface area (Å²) in [5.74, 6) is 0.995. The molecule has 0 aliphatic heterocycles. The van der Waals surface area contributed by atoms with Crippen LogP contribution in [-0.4, -0.2) is 61.3 Å². The van der Waals surface area contributed by atoms with Crippen LogP contribution in [0.25, 0.3) is 0 Å². The van der Waals surface area contributed by atoms with Gasteiger partial charge in [0.15, 0.2) is 0 Å². The number of likely N-dealkylation sites (N-methyl/N-ethyl adjacent to an activating group) is 2. The van der Waals surface area contributed by atoms with E-state index in [9.17, 15) is 0 Å². The summed E-state index contributed by atoms with van der Waals surface area (Å²) in [6.45, 7) is 21.4. The fourth-order valence-electron chi connectivity index (χ4n) is 3.32. The maximum atomic E-state index is 6.02. The largest absolute Gasteiger partial charge is 1.00 e. The highest BCUT2D eigenvalue weighted by atomic mass is 127. The monoisotopic (exact) mass is 478 g/mol. The average molecular weight is 479 g/mol. The molecule has 0 radical (unpaired) electrons. The first-order valence-corrected chi connectivity index (χ1v) is 9.78. The molecule has 3 nitrogen and oxygen atoms in total. The fourth-order valence-corrected chi connectivity index (χ4v) is 3.32. The van der Waals surface area contributed by atoms with Gasteiger partial charge in [-0.05, 0) is 58.4 Å². The second kappa shape index (κ2) is 14.7. The smallest absolute Gasteiger partial charge is 0.137 e. The van der Waals surface area contributed by atoms with Crippen LogP contribution in [0, 0.1) is 6.92 Å². The molecule has 4 heteroatoms. The van der Waals surface area contributed by atoms with Gasteiger partial charge in [-0.3, -0.25) is 4.90 Å². The number of hydrogen-bond acceptors (Lipinski definition) is 2. The predicted octanol–water partition coefficient (Wildman–Crippen LogP) is 1.99. The summed E-state index contributed by atoms with van der Waals surface area (Å²) in [4.78, 5) is 2.61. The van der Waals surface area contributed by atoms with Crippen molar-refractivity contribution in [1.29, 1.82) is 0 Å². The van der Waals surface area contributed by atoms with Crippen LogP contribution in [0.15, 0.2) is 24.3 Å². The molecule has 1 aromatic carbocycles. The van der Waals surface area contributed by atoms with Crippen LogP contribution >= 0.6 is 0 Å². The molecule has 0 aromatic heterocycles. The van der Waals surface area contributed by atoms with Gasteiger partial charge in [-0.15, -0.1) is 0 Å². The fraction of sp³-hybridized carbons (Fsp3) is 0.727. The lowest BCUT2D eigenvalue weighted by Crippen LogP contribution is -3.00. The van der Waals surface area contributed by atoms with Crippen molar-refractivity contribution < 1.29 is 33.2 Å². The van der Waals surface area contributed by atoms with E-state index < -0.39 is 0 Å². The van der Waals surface area contributed by atoms with E-state index in [2.05, 4.69) is 70.7 Å². The number of quaternary nitrogens is 1. The van der Waals surface area contributed by atoms with Crippen molar-refractivity contribution in [3.8, 4) is 5.75 Å². The second-order valence-corrected chi connectivity index (χ2v) is 6.97. The summed E-state index contributed by atoms with van der Waals surface area (Å²) in [5.41, 5.74) is 1.26. The van der Waals surface area contributed by atoms with Gasteiger partial charge < -0.3 is 33.2 Å². The summed E-state index contributed by atoms with van der Waals surface area (Å²) >= 11 is 0. The number of ether oxygens (including phenoxy) is 1. The Labute approximate surface area is 180 Å². The van der Waals surface area contributed by atoms with E-state index in [0.717, 1.165) is 29.9 Å². The molecule has 1 atom stereocenters. The molecular formula is C22H43IN2O. The average Bonchev–Trinajstić information content (AvgIpc) is 2.60. The van der Waals surface area contributed by atoms with Crippen LogP contribution in [0.3, 0.4) is 0 Å². The highest BCUT2D eigenvalue weighted by Gasteiger charge is 2.25. The summed E-state index contributed by atoms with van der Waals surface area (Å²) in [5, 5.41) is 0. The highest BCUT2D eigenvalue weighted by molar-refractivity contribution is 5.27. The molecule has 0 spiro atoms. The Morgan fingerprint density at radius 3 is 2.23 bits per heavy atom. The third kappa shape index (κ3) is 9.05. The Morgan fingerprint density at radius 2 is 1.73 bits per heavy atom. The summed E-state index contributed by atoms with van der Waals surface area (Å²) in [6, 6.07) is 9.03. The van der Waals surface area contributed by atoms with E-state index in [1.165, 1.54) is 38.2 Å². The predicted molar refractivity (Wildman–Crippen MR) is 111 cm³/mol. The van der Waals surface area contributed by atoms with Crippen molar-refractivity contribution in [2.75, 3.05) is 45.9 Å². The quantitative estimate of drug-likeness (QED) is 0.337. The standard InChI is InChI=1S/C21H39N2O.CH4.HI/c1-7-20(6)22(8-2)14-15-23(9-3,10-4)16-17-24-21-13-11-12-19(5)18-21;;/h11-13,18,20H,7-10,14-17H2,1-6H3;1H4;1H/q+1;;/p-1. The molecule has 0 saturated carbocycles. The van der Waals surface area contributed by atoms with E-state index in [1.54, 1.807) is 0 Å². The summed E-state index contributed by atoms with van der Waals surface area (Å²) in [7, 11) is 0. The maximum absolute atomic E-state index is 6.02. The molecule has 1 unspecified atom stereocenters. The number of benzene rings is 1. The molecule has 0 aliphatic carbocycles. The third-order valence-electron chi connectivity index (χ3n) is 5.65. The van der Waals surface area contributed by atoms with E-state index in [-0.39, 0.29) is 31.4 Å². The van der Waals surface area contributed by atoms with Gasteiger partial charge in [0, 0.05) is 12.6 Å². The molecule has 0 fully saturated rings. The van der Waals surface area contributed by atoms with Gasteiger partial charge in [0.1, 0.15) is 18.9 Å². The van der Waals surface area contributed by atoms with E-state index in [1.807, 2.05) is 0 Å². The van der Waals surface area contributed by atoms with Crippen molar-refractivity contribution >= 4 is 0 Å². The molecule has 154 valence electrons. The minimum Gasteiger partial charge on any atom is -1.00 e. The second-order valence-electron chi connectivity index (χ2n) is 6.97. The molecule has 26 heavy (non-hydrogen) atoms. The molecule has 0 bridgehead atoms. The molecule has 1 rings (SSSR count). The molecule has 0 saturated heterocycles. The topological polar surface area (TPSA) is 12.5 Å². The van der Waals surface area contributed by atoms with Gasteiger partial charge in [-0.1, -0.05) is 33.4 Å². The minimum absolute atomic E-state index is 0. The van der Waals surface area contributed by atoms with Crippen LogP contribution < -0.4 is 28.7 Å². The van der Waals surface area contributed by atoms with E-state index in [0.29, 0.717) is 6.04 Å². The molecule has 0 N–H and O–H groups in total. The van der Waals surface area contributed by atoms with E-state index in [4.69, 9.17) is 4.74 Å². The number of aryl methyl sites for hydroxylation is 1. The molecule has 0 amide bonds. The van der Waals surface area contributed by atoms with Gasteiger partial charge in [0.2, 0.25) is 0 Å². The van der Waals surface area contributed by atoms with Crippen LogP contribution in [0.2, 0.25) is 0 Å². The lowest BCUT2D eigenvalue weighted by molar-refractivity contribution is -0.924. The molecular weight excluding hydrogens is 435 g/mol. The van der Waals surface area contributed by atoms with Gasteiger partial charge in [0.05, 0.1) is 19.6 Å². The van der Waals surface area contributed by atoms with Gasteiger partial charge in [-0.2, -0.15) is 0 Å². The first-order chi connectivity index (χ1) is 11.5. The Balaban J connectivity index is 0. The lowest BCUT2D eigenvalue weighted by Gasteiger charge is -2.39. The molecule has 1 aromatic rings. The highest BCUT2D eigenvalue weighted by Crippen LogP contribution is 2.14. The summed E-state index contributed by atoms with van der Waals surface area (Å²) in [6.07, 6.45) is 1.22. The van der Waals surface area contributed by atoms with Crippen LogP contribution in [0.1, 0.15) is 54.0 Å². The van der Waals surface area contributed by atoms with Gasteiger partial charge in [-0.25, -0.2) is 0 Å². The van der Waals surface area contributed by atoms with Crippen LogP contribution in [-0.2, 0) is 0 Å².